The Morgan fingerprint density at radius 2 is 2.06 bits per heavy atom. The lowest BCUT2D eigenvalue weighted by molar-refractivity contribution is -0.147. The molecule has 0 saturated heterocycles. The number of benzene rings is 1. The van der Waals surface area contributed by atoms with Crippen LogP contribution in [0.4, 0.5) is 0 Å². The van der Waals surface area contributed by atoms with E-state index in [1.54, 1.807) is 31.2 Å². The summed E-state index contributed by atoms with van der Waals surface area (Å²) in [6.07, 6.45) is -2.59. The minimum atomic E-state index is -1.20. The molecule has 0 aromatic heterocycles. The molecule has 1 aromatic rings. The predicted molar refractivity (Wildman–Crippen MR) is 68.2 cm³/mol. The van der Waals surface area contributed by atoms with Crippen molar-refractivity contribution in [1.29, 1.82) is 0 Å². The molecular formula is C13H17ClO4. The van der Waals surface area contributed by atoms with E-state index in [2.05, 4.69) is 0 Å². The molecule has 2 N–H and O–H groups in total. The highest BCUT2D eigenvalue weighted by molar-refractivity contribution is 6.17. The van der Waals surface area contributed by atoms with E-state index < -0.39 is 18.2 Å². The Morgan fingerprint density at radius 1 is 1.39 bits per heavy atom. The number of aliphatic hydroxyl groups excluding tert-OH is 2. The van der Waals surface area contributed by atoms with E-state index in [9.17, 15) is 15.0 Å². The molecular weight excluding hydrogens is 256 g/mol. The van der Waals surface area contributed by atoms with Crippen LogP contribution >= 0.6 is 11.6 Å². The van der Waals surface area contributed by atoms with Crippen LogP contribution in [0.15, 0.2) is 24.3 Å². The second-order valence-corrected chi connectivity index (χ2v) is 4.12. The molecule has 0 aliphatic heterocycles. The van der Waals surface area contributed by atoms with Crippen molar-refractivity contribution in [2.75, 3.05) is 6.61 Å². The quantitative estimate of drug-likeness (QED) is 0.612. The molecule has 0 fully saturated rings. The van der Waals surface area contributed by atoms with Gasteiger partial charge in [-0.25, -0.2) is 0 Å². The van der Waals surface area contributed by atoms with Crippen LogP contribution < -0.4 is 0 Å². The molecule has 18 heavy (non-hydrogen) atoms. The fraction of sp³-hybridized carbons (Fsp3) is 0.462. The molecule has 100 valence electrons. The highest BCUT2D eigenvalue weighted by atomic mass is 35.5. The first-order valence-corrected chi connectivity index (χ1v) is 6.29. The molecule has 0 aliphatic rings. The summed E-state index contributed by atoms with van der Waals surface area (Å²) in [7, 11) is 0. The van der Waals surface area contributed by atoms with Crippen LogP contribution in [0, 0.1) is 0 Å². The normalized spacial score (nSPS) is 14.0. The van der Waals surface area contributed by atoms with Gasteiger partial charge in [0, 0.05) is 5.88 Å². The van der Waals surface area contributed by atoms with E-state index >= 15 is 0 Å². The summed E-state index contributed by atoms with van der Waals surface area (Å²) in [4.78, 5) is 11.2. The molecule has 0 bridgehead atoms. The van der Waals surface area contributed by atoms with Crippen LogP contribution in [0.1, 0.15) is 30.6 Å². The number of halogens is 1. The monoisotopic (exact) mass is 272 g/mol. The van der Waals surface area contributed by atoms with E-state index in [0.29, 0.717) is 5.56 Å². The van der Waals surface area contributed by atoms with Crippen molar-refractivity contribution in [2.45, 2.75) is 31.4 Å². The first kappa shape index (κ1) is 15.0. The highest BCUT2D eigenvalue weighted by Gasteiger charge is 2.23. The van der Waals surface area contributed by atoms with Gasteiger partial charge in [-0.2, -0.15) is 0 Å². The fourth-order valence-electron chi connectivity index (χ4n) is 1.65. The van der Waals surface area contributed by atoms with Gasteiger partial charge in [0.15, 0.2) is 0 Å². The van der Waals surface area contributed by atoms with Gasteiger partial charge < -0.3 is 14.9 Å². The molecule has 5 heteroatoms. The Labute approximate surface area is 111 Å². The maximum absolute atomic E-state index is 11.2. The lowest BCUT2D eigenvalue weighted by atomic mass is 9.98. The average Bonchev–Trinajstić information content (AvgIpc) is 2.38. The molecule has 0 aliphatic carbocycles. The number of esters is 1. The molecule has 0 saturated carbocycles. The minimum Gasteiger partial charge on any atom is -0.466 e. The van der Waals surface area contributed by atoms with Crippen molar-refractivity contribution in [1.82, 2.24) is 0 Å². The first-order chi connectivity index (χ1) is 8.60. The Morgan fingerprint density at radius 3 is 2.67 bits per heavy atom. The molecule has 2 unspecified atom stereocenters. The van der Waals surface area contributed by atoms with Crippen LogP contribution in [0.2, 0.25) is 0 Å². The molecule has 0 radical (unpaired) electrons. The van der Waals surface area contributed by atoms with Crippen LogP contribution in [0.3, 0.4) is 0 Å². The van der Waals surface area contributed by atoms with Crippen molar-refractivity contribution in [3.8, 4) is 0 Å². The zero-order valence-corrected chi connectivity index (χ0v) is 10.9. The van der Waals surface area contributed by atoms with Gasteiger partial charge in [-0.15, -0.1) is 11.6 Å². The fourth-order valence-corrected chi connectivity index (χ4v) is 1.90. The maximum Gasteiger partial charge on any atom is 0.308 e. The smallest absolute Gasteiger partial charge is 0.308 e. The molecule has 1 rings (SSSR count). The summed E-state index contributed by atoms with van der Waals surface area (Å²) in [5.74, 6) is -0.299. The maximum atomic E-state index is 11.2. The Kier molecular flexibility index (Phi) is 6.12. The second-order valence-electron chi connectivity index (χ2n) is 3.85. The van der Waals surface area contributed by atoms with Crippen LogP contribution in [0.5, 0.6) is 0 Å². The molecule has 0 spiro atoms. The van der Waals surface area contributed by atoms with Gasteiger partial charge >= 0.3 is 5.97 Å². The van der Waals surface area contributed by atoms with Crippen molar-refractivity contribution >= 4 is 17.6 Å². The van der Waals surface area contributed by atoms with Gasteiger partial charge in [0.25, 0.3) is 0 Å². The SMILES string of the molecule is CCOC(=O)CC(O)C(O)c1ccccc1CCl. The Balaban J connectivity index is 2.73. The third-order valence-corrected chi connectivity index (χ3v) is 2.85. The molecule has 0 amide bonds. The van der Waals surface area contributed by atoms with Crippen molar-refractivity contribution in [3.05, 3.63) is 35.4 Å². The third-order valence-electron chi connectivity index (χ3n) is 2.56. The van der Waals surface area contributed by atoms with Crippen LogP contribution in [0.25, 0.3) is 0 Å². The zero-order chi connectivity index (χ0) is 13.5. The number of alkyl halides is 1. The average molecular weight is 273 g/mol. The number of aliphatic hydroxyl groups is 2. The van der Waals surface area contributed by atoms with Gasteiger partial charge in [0.2, 0.25) is 0 Å². The number of hydrogen-bond donors (Lipinski definition) is 2. The summed E-state index contributed by atoms with van der Waals surface area (Å²) in [6.45, 7) is 1.93. The van der Waals surface area contributed by atoms with Crippen LogP contribution in [-0.4, -0.2) is 28.9 Å². The lowest BCUT2D eigenvalue weighted by Crippen LogP contribution is -2.23. The topological polar surface area (TPSA) is 66.8 Å². The minimum absolute atomic E-state index is 0.235. The van der Waals surface area contributed by atoms with Gasteiger partial charge in [-0.3, -0.25) is 4.79 Å². The number of hydrogen-bond acceptors (Lipinski definition) is 4. The predicted octanol–water partition coefficient (Wildman–Crippen LogP) is 1.77. The van der Waals surface area contributed by atoms with E-state index in [0.717, 1.165) is 5.56 Å². The van der Waals surface area contributed by atoms with E-state index in [1.807, 2.05) is 0 Å². The van der Waals surface area contributed by atoms with Crippen LogP contribution in [-0.2, 0) is 15.4 Å². The van der Waals surface area contributed by atoms with Gasteiger partial charge in [-0.05, 0) is 18.1 Å². The van der Waals surface area contributed by atoms with E-state index in [1.165, 1.54) is 0 Å². The molecule has 1 aromatic carbocycles. The molecule has 4 nitrogen and oxygen atoms in total. The van der Waals surface area contributed by atoms with Crippen molar-refractivity contribution in [3.63, 3.8) is 0 Å². The van der Waals surface area contributed by atoms with E-state index in [4.69, 9.17) is 16.3 Å². The Hall–Kier alpha value is -1.10. The summed E-state index contributed by atoms with van der Waals surface area (Å²) in [5.41, 5.74) is 1.26. The highest BCUT2D eigenvalue weighted by Crippen LogP contribution is 2.24. The van der Waals surface area contributed by atoms with E-state index in [-0.39, 0.29) is 18.9 Å². The molecule has 2 atom stereocenters. The van der Waals surface area contributed by atoms with Crippen molar-refractivity contribution < 1.29 is 19.7 Å². The van der Waals surface area contributed by atoms with Gasteiger partial charge in [0.1, 0.15) is 6.10 Å². The summed E-state index contributed by atoms with van der Waals surface area (Å²) in [5, 5.41) is 19.8. The number of ether oxygens (including phenoxy) is 1. The summed E-state index contributed by atoms with van der Waals surface area (Å²) < 4.78 is 4.72. The van der Waals surface area contributed by atoms with Gasteiger partial charge in [0.05, 0.1) is 19.1 Å². The first-order valence-electron chi connectivity index (χ1n) is 5.75. The number of carbonyl (C=O) groups is 1. The lowest BCUT2D eigenvalue weighted by Gasteiger charge is -2.19. The third kappa shape index (κ3) is 3.98. The summed E-state index contributed by atoms with van der Waals surface area (Å²) >= 11 is 5.75. The molecule has 0 heterocycles. The van der Waals surface area contributed by atoms with Crippen molar-refractivity contribution in [2.24, 2.45) is 0 Å². The number of carbonyl (C=O) groups excluding carboxylic acids is 1. The largest absolute Gasteiger partial charge is 0.466 e. The number of rotatable bonds is 6. The standard InChI is InChI=1S/C13H17ClO4/c1-2-18-12(16)7-11(15)13(17)10-6-4-3-5-9(10)8-14/h3-6,11,13,15,17H,2,7-8H2,1H3. The second kappa shape index (κ2) is 7.36. The summed E-state index contributed by atoms with van der Waals surface area (Å²) in [6, 6.07) is 6.98. The van der Waals surface area contributed by atoms with Gasteiger partial charge in [-0.1, -0.05) is 24.3 Å². The zero-order valence-electron chi connectivity index (χ0n) is 10.2. The Bertz CT molecular complexity index is 394.